The molecule has 1 aromatic carbocycles. The minimum absolute atomic E-state index is 0.0925. The molecule has 7 heteroatoms. The Morgan fingerprint density at radius 2 is 2.05 bits per heavy atom. The van der Waals surface area contributed by atoms with E-state index in [1.165, 1.54) is 0 Å². The molecule has 1 aromatic rings. The summed E-state index contributed by atoms with van der Waals surface area (Å²) in [6, 6.07) is 7.29. The van der Waals surface area contributed by atoms with E-state index < -0.39 is 16.1 Å². The molecule has 2 rings (SSSR count). The number of hydrogen-bond acceptors (Lipinski definition) is 4. The first-order valence-electron chi connectivity index (χ1n) is 6.95. The smallest absolute Gasteiger partial charge is 0.267 e. The van der Waals surface area contributed by atoms with Crippen molar-refractivity contribution in [3.05, 3.63) is 24.3 Å². The number of fused-ring (bicyclic) bond motifs is 1. The lowest BCUT2D eigenvalue weighted by Crippen LogP contribution is -2.45. The van der Waals surface area contributed by atoms with Crippen LogP contribution in [0.4, 0.5) is 5.69 Å². The van der Waals surface area contributed by atoms with Gasteiger partial charge in [-0.3, -0.25) is 4.79 Å². The van der Waals surface area contributed by atoms with Crippen molar-refractivity contribution >= 4 is 21.6 Å². The first kappa shape index (κ1) is 15.8. The minimum atomic E-state index is -3.25. The van der Waals surface area contributed by atoms with E-state index in [4.69, 9.17) is 4.74 Å². The summed E-state index contributed by atoms with van der Waals surface area (Å²) in [5.41, 5.74) is 0.727. The predicted molar refractivity (Wildman–Crippen MR) is 81.0 cm³/mol. The standard InChI is InChI=1S/C14H20N2O4S/c1-3-10-21(18,19)15-9-8-13-14(17)16(2)11-6-4-5-7-12(11)20-13/h4-7,13,15H,3,8-10H2,1-2H3. The van der Waals surface area contributed by atoms with Gasteiger partial charge in [-0.15, -0.1) is 0 Å². The van der Waals surface area contributed by atoms with Crippen LogP contribution in [0.2, 0.25) is 0 Å². The molecule has 0 fully saturated rings. The SMILES string of the molecule is CCCS(=O)(=O)NCCC1Oc2ccccc2N(C)C1=O. The molecule has 1 unspecified atom stereocenters. The van der Waals surface area contributed by atoms with Gasteiger partial charge in [-0.05, 0) is 18.6 Å². The van der Waals surface area contributed by atoms with Gasteiger partial charge in [-0.25, -0.2) is 13.1 Å². The van der Waals surface area contributed by atoms with Gasteiger partial charge in [0.1, 0.15) is 5.75 Å². The maximum absolute atomic E-state index is 12.2. The Labute approximate surface area is 125 Å². The molecule has 1 aliphatic rings. The summed E-state index contributed by atoms with van der Waals surface area (Å²) in [7, 11) is -1.56. The Bertz CT molecular complexity index is 615. The molecule has 116 valence electrons. The van der Waals surface area contributed by atoms with Crippen molar-refractivity contribution in [3.63, 3.8) is 0 Å². The van der Waals surface area contributed by atoms with Crippen LogP contribution < -0.4 is 14.4 Å². The fraction of sp³-hybridized carbons (Fsp3) is 0.500. The maximum atomic E-state index is 12.2. The van der Waals surface area contributed by atoms with E-state index in [0.29, 0.717) is 18.6 Å². The number of benzene rings is 1. The molecular formula is C14H20N2O4S. The van der Waals surface area contributed by atoms with Crippen LogP contribution in [0.5, 0.6) is 5.75 Å². The third-order valence-electron chi connectivity index (χ3n) is 3.30. The van der Waals surface area contributed by atoms with Crippen LogP contribution in [0, 0.1) is 0 Å². The van der Waals surface area contributed by atoms with Gasteiger partial charge < -0.3 is 9.64 Å². The average molecular weight is 312 g/mol. The minimum Gasteiger partial charge on any atom is -0.478 e. The van der Waals surface area contributed by atoms with E-state index in [9.17, 15) is 13.2 Å². The van der Waals surface area contributed by atoms with Crippen LogP contribution in [0.25, 0.3) is 0 Å². The monoisotopic (exact) mass is 312 g/mol. The lowest BCUT2D eigenvalue weighted by molar-refractivity contribution is -0.126. The second-order valence-electron chi connectivity index (χ2n) is 4.97. The zero-order valence-electron chi connectivity index (χ0n) is 12.2. The molecule has 1 aliphatic heterocycles. The van der Waals surface area contributed by atoms with Gasteiger partial charge in [-0.2, -0.15) is 0 Å². The van der Waals surface area contributed by atoms with Gasteiger partial charge in [0.05, 0.1) is 11.4 Å². The molecule has 0 bridgehead atoms. The summed E-state index contributed by atoms with van der Waals surface area (Å²) < 4.78 is 31.3. The Morgan fingerprint density at radius 3 is 2.76 bits per heavy atom. The van der Waals surface area contributed by atoms with Crippen molar-refractivity contribution in [2.45, 2.75) is 25.9 Å². The Morgan fingerprint density at radius 1 is 1.33 bits per heavy atom. The largest absolute Gasteiger partial charge is 0.478 e. The second kappa shape index (κ2) is 6.44. The highest BCUT2D eigenvalue weighted by Crippen LogP contribution is 2.33. The number of sulfonamides is 1. The third-order valence-corrected chi connectivity index (χ3v) is 4.89. The summed E-state index contributed by atoms with van der Waals surface area (Å²) in [6.45, 7) is 1.99. The summed E-state index contributed by atoms with van der Waals surface area (Å²) in [6.07, 6.45) is 0.208. The van der Waals surface area contributed by atoms with Crippen LogP contribution >= 0.6 is 0 Å². The number of carbonyl (C=O) groups excluding carboxylic acids is 1. The number of carbonyl (C=O) groups is 1. The van der Waals surface area contributed by atoms with Gasteiger partial charge in [0, 0.05) is 20.0 Å². The van der Waals surface area contributed by atoms with E-state index in [1.807, 2.05) is 18.2 Å². The third kappa shape index (κ3) is 3.74. The second-order valence-corrected chi connectivity index (χ2v) is 6.90. The van der Waals surface area contributed by atoms with Crippen molar-refractivity contribution in [1.82, 2.24) is 4.72 Å². The summed E-state index contributed by atoms with van der Waals surface area (Å²) in [5.74, 6) is 0.569. The number of para-hydroxylation sites is 2. The number of likely N-dealkylation sites (N-methyl/N-ethyl adjacent to an activating group) is 1. The van der Waals surface area contributed by atoms with Crippen molar-refractivity contribution in [1.29, 1.82) is 0 Å². The van der Waals surface area contributed by atoms with E-state index in [1.54, 1.807) is 24.9 Å². The first-order valence-corrected chi connectivity index (χ1v) is 8.60. The van der Waals surface area contributed by atoms with Crippen molar-refractivity contribution in [2.75, 3.05) is 24.2 Å². The van der Waals surface area contributed by atoms with Crippen molar-refractivity contribution in [3.8, 4) is 5.75 Å². The molecule has 21 heavy (non-hydrogen) atoms. The lowest BCUT2D eigenvalue weighted by Gasteiger charge is -2.31. The first-order chi connectivity index (χ1) is 9.94. The molecule has 1 heterocycles. The van der Waals surface area contributed by atoms with Crippen LogP contribution in [0.3, 0.4) is 0 Å². The predicted octanol–water partition coefficient (Wildman–Crippen LogP) is 1.13. The fourth-order valence-electron chi connectivity index (χ4n) is 2.24. The van der Waals surface area contributed by atoms with E-state index in [0.717, 1.165) is 5.69 Å². The maximum Gasteiger partial charge on any atom is 0.267 e. The topological polar surface area (TPSA) is 75.7 Å². The number of nitrogens with one attached hydrogen (secondary N) is 1. The normalized spacial score (nSPS) is 18.3. The average Bonchev–Trinajstić information content (AvgIpc) is 2.44. The lowest BCUT2D eigenvalue weighted by atomic mass is 10.1. The molecule has 1 N–H and O–H groups in total. The zero-order chi connectivity index (χ0) is 15.5. The number of amides is 1. The van der Waals surface area contributed by atoms with Gasteiger partial charge in [0.15, 0.2) is 6.10 Å². The van der Waals surface area contributed by atoms with Crippen molar-refractivity contribution < 1.29 is 17.9 Å². The molecule has 0 aromatic heterocycles. The van der Waals surface area contributed by atoms with Crippen LogP contribution in [0.15, 0.2) is 24.3 Å². The molecule has 6 nitrogen and oxygen atoms in total. The van der Waals surface area contributed by atoms with Gasteiger partial charge in [0.2, 0.25) is 10.0 Å². The summed E-state index contributed by atoms with van der Waals surface area (Å²) >= 11 is 0. The molecule has 1 amide bonds. The van der Waals surface area contributed by atoms with E-state index >= 15 is 0 Å². The quantitative estimate of drug-likeness (QED) is 0.854. The molecule has 0 spiro atoms. The Balaban J connectivity index is 1.98. The highest BCUT2D eigenvalue weighted by molar-refractivity contribution is 7.89. The molecular weight excluding hydrogens is 292 g/mol. The number of rotatable bonds is 6. The Hall–Kier alpha value is -1.60. The van der Waals surface area contributed by atoms with Crippen LogP contribution in [0.1, 0.15) is 19.8 Å². The molecule has 0 aliphatic carbocycles. The highest BCUT2D eigenvalue weighted by atomic mass is 32.2. The number of ether oxygens (including phenoxy) is 1. The number of hydrogen-bond donors (Lipinski definition) is 1. The van der Waals surface area contributed by atoms with Gasteiger partial charge in [0.25, 0.3) is 5.91 Å². The number of anilines is 1. The molecule has 1 atom stereocenters. The van der Waals surface area contributed by atoms with Gasteiger partial charge in [-0.1, -0.05) is 19.1 Å². The summed E-state index contributed by atoms with van der Waals surface area (Å²) in [5, 5.41) is 0. The van der Waals surface area contributed by atoms with E-state index in [2.05, 4.69) is 4.72 Å². The number of nitrogens with zero attached hydrogens (tertiary/aromatic N) is 1. The highest BCUT2D eigenvalue weighted by Gasteiger charge is 2.31. The zero-order valence-corrected chi connectivity index (χ0v) is 13.0. The van der Waals surface area contributed by atoms with E-state index in [-0.39, 0.29) is 18.2 Å². The molecule has 0 radical (unpaired) electrons. The Kier molecular flexibility index (Phi) is 4.84. The van der Waals surface area contributed by atoms with Crippen LogP contribution in [-0.4, -0.2) is 39.8 Å². The summed E-state index contributed by atoms with van der Waals surface area (Å²) in [4.78, 5) is 13.7. The molecule has 0 saturated heterocycles. The van der Waals surface area contributed by atoms with Gasteiger partial charge >= 0.3 is 0 Å². The van der Waals surface area contributed by atoms with Crippen molar-refractivity contribution in [2.24, 2.45) is 0 Å². The molecule has 0 saturated carbocycles. The fourth-order valence-corrected chi connectivity index (χ4v) is 3.35. The van der Waals surface area contributed by atoms with Crippen LogP contribution in [-0.2, 0) is 14.8 Å².